The maximum Gasteiger partial charge on any atom is 0.0587 e. The Labute approximate surface area is 82.0 Å². The molecule has 0 aliphatic heterocycles. The van der Waals surface area contributed by atoms with Gasteiger partial charge >= 0.3 is 0 Å². The number of nitrogens with one attached hydrogen (secondary N) is 1. The zero-order chi connectivity index (χ0) is 10.2. The fourth-order valence-electron chi connectivity index (χ4n) is 1.39. The van der Waals surface area contributed by atoms with Gasteiger partial charge in [0.15, 0.2) is 0 Å². The predicted octanol–water partition coefficient (Wildman–Crippen LogP) is 0.987. The van der Waals surface area contributed by atoms with E-state index < -0.39 is 0 Å². The minimum atomic E-state index is 0.285. The molecule has 0 aromatic heterocycles. The Morgan fingerprint density at radius 2 is 1.92 bits per heavy atom. The molecule has 0 unspecified atom stereocenters. The minimum absolute atomic E-state index is 0.285. The summed E-state index contributed by atoms with van der Waals surface area (Å²) in [6.07, 6.45) is 2.28. The summed E-state index contributed by atoms with van der Waals surface area (Å²) < 4.78 is 4.96. The van der Waals surface area contributed by atoms with Crippen molar-refractivity contribution in [2.45, 2.75) is 26.7 Å². The van der Waals surface area contributed by atoms with Crippen LogP contribution in [-0.2, 0) is 4.74 Å². The highest BCUT2D eigenvalue weighted by Gasteiger charge is 2.23. The SMILES string of the molecule is CCC(CC)(CN)CNCCOC. The molecule has 0 rings (SSSR count). The first-order chi connectivity index (χ1) is 6.24. The molecular formula is C10H24N2O. The monoisotopic (exact) mass is 188 g/mol. The highest BCUT2D eigenvalue weighted by atomic mass is 16.5. The van der Waals surface area contributed by atoms with Crippen molar-refractivity contribution in [2.24, 2.45) is 11.1 Å². The molecule has 0 aliphatic rings. The van der Waals surface area contributed by atoms with Gasteiger partial charge in [0, 0.05) is 20.2 Å². The van der Waals surface area contributed by atoms with Crippen molar-refractivity contribution < 1.29 is 4.74 Å². The Morgan fingerprint density at radius 1 is 1.31 bits per heavy atom. The first-order valence-electron chi connectivity index (χ1n) is 5.14. The molecule has 0 aliphatic carbocycles. The van der Waals surface area contributed by atoms with Gasteiger partial charge in [-0.3, -0.25) is 0 Å². The van der Waals surface area contributed by atoms with Crippen LogP contribution in [0.15, 0.2) is 0 Å². The van der Waals surface area contributed by atoms with Gasteiger partial charge in [-0.05, 0) is 24.8 Å². The maximum atomic E-state index is 5.77. The van der Waals surface area contributed by atoms with Crippen LogP contribution in [0.3, 0.4) is 0 Å². The third kappa shape index (κ3) is 4.60. The standard InChI is InChI=1S/C10H24N2O/c1-4-10(5-2,8-11)9-12-6-7-13-3/h12H,4-9,11H2,1-3H3. The van der Waals surface area contributed by atoms with Crippen molar-refractivity contribution in [3.63, 3.8) is 0 Å². The summed E-state index contributed by atoms with van der Waals surface area (Å²) in [5, 5.41) is 3.38. The van der Waals surface area contributed by atoms with Crippen LogP contribution in [0.5, 0.6) is 0 Å². The molecule has 3 heteroatoms. The van der Waals surface area contributed by atoms with Crippen molar-refractivity contribution in [3.8, 4) is 0 Å². The number of nitrogens with two attached hydrogens (primary N) is 1. The van der Waals surface area contributed by atoms with Crippen LogP contribution < -0.4 is 11.1 Å². The average molecular weight is 188 g/mol. The van der Waals surface area contributed by atoms with Gasteiger partial charge < -0.3 is 15.8 Å². The molecule has 0 radical (unpaired) electrons. The molecule has 0 saturated heterocycles. The topological polar surface area (TPSA) is 47.3 Å². The van der Waals surface area contributed by atoms with Crippen LogP contribution in [0.4, 0.5) is 0 Å². The van der Waals surface area contributed by atoms with Crippen molar-refractivity contribution in [1.29, 1.82) is 0 Å². The predicted molar refractivity (Wildman–Crippen MR) is 56.8 cm³/mol. The Morgan fingerprint density at radius 3 is 2.31 bits per heavy atom. The quantitative estimate of drug-likeness (QED) is 0.558. The molecule has 13 heavy (non-hydrogen) atoms. The van der Waals surface area contributed by atoms with E-state index in [1.165, 1.54) is 0 Å². The fourth-order valence-corrected chi connectivity index (χ4v) is 1.39. The van der Waals surface area contributed by atoms with E-state index in [9.17, 15) is 0 Å². The van der Waals surface area contributed by atoms with Crippen molar-refractivity contribution in [2.75, 3.05) is 33.4 Å². The van der Waals surface area contributed by atoms with E-state index in [2.05, 4.69) is 19.2 Å². The largest absolute Gasteiger partial charge is 0.383 e. The molecule has 0 fully saturated rings. The first-order valence-corrected chi connectivity index (χ1v) is 5.14. The van der Waals surface area contributed by atoms with Crippen LogP contribution in [0, 0.1) is 5.41 Å². The molecule has 0 heterocycles. The molecule has 0 atom stereocenters. The lowest BCUT2D eigenvalue weighted by atomic mass is 9.82. The molecule has 0 aromatic carbocycles. The van der Waals surface area contributed by atoms with E-state index in [1.54, 1.807) is 7.11 Å². The van der Waals surface area contributed by atoms with E-state index in [0.717, 1.165) is 39.1 Å². The molecule has 80 valence electrons. The highest BCUT2D eigenvalue weighted by molar-refractivity contribution is 4.79. The zero-order valence-electron chi connectivity index (χ0n) is 9.23. The van der Waals surface area contributed by atoms with Crippen molar-refractivity contribution >= 4 is 0 Å². The van der Waals surface area contributed by atoms with E-state index in [4.69, 9.17) is 10.5 Å². The number of ether oxygens (including phenoxy) is 1. The second-order valence-corrected chi connectivity index (χ2v) is 3.58. The third-order valence-electron chi connectivity index (χ3n) is 2.92. The number of hydrogen-bond acceptors (Lipinski definition) is 3. The smallest absolute Gasteiger partial charge is 0.0587 e. The van der Waals surface area contributed by atoms with Gasteiger partial charge in [-0.25, -0.2) is 0 Å². The minimum Gasteiger partial charge on any atom is -0.383 e. The van der Waals surface area contributed by atoms with Crippen LogP contribution >= 0.6 is 0 Å². The van der Waals surface area contributed by atoms with E-state index >= 15 is 0 Å². The van der Waals surface area contributed by atoms with Gasteiger partial charge in [-0.15, -0.1) is 0 Å². The summed E-state index contributed by atoms with van der Waals surface area (Å²) in [6.45, 7) is 7.86. The molecule has 0 amide bonds. The molecule has 0 aromatic rings. The average Bonchev–Trinajstić information content (AvgIpc) is 2.20. The van der Waals surface area contributed by atoms with Gasteiger partial charge in [-0.2, -0.15) is 0 Å². The lowest BCUT2D eigenvalue weighted by Crippen LogP contribution is -2.40. The summed E-state index contributed by atoms with van der Waals surface area (Å²) in [6, 6.07) is 0. The van der Waals surface area contributed by atoms with E-state index in [-0.39, 0.29) is 5.41 Å². The molecule has 0 spiro atoms. The maximum absolute atomic E-state index is 5.77. The van der Waals surface area contributed by atoms with Gasteiger partial charge in [-0.1, -0.05) is 13.8 Å². The second-order valence-electron chi connectivity index (χ2n) is 3.58. The number of hydrogen-bond donors (Lipinski definition) is 2. The molecule has 0 saturated carbocycles. The molecule has 3 N–H and O–H groups in total. The Bertz CT molecular complexity index is 105. The second kappa shape index (κ2) is 7.30. The summed E-state index contributed by atoms with van der Waals surface area (Å²) in [4.78, 5) is 0. The van der Waals surface area contributed by atoms with Crippen molar-refractivity contribution in [3.05, 3.63) is 0 Å². The van der Waals surface area contributed by atoms with E-state index in [1.807, 2.05) is 0 Å². The third-order valence-corrected chi connectivity index (χ3v) is 2.92. The van der Waals surface area contributed by atoms with Gasteiger partial charge in [0.1, 0.15) is 0 Å². The molecule has 3 nitrogen and oxygen atoms in total. The lowest BCUT2D eigenvalue weighted by molar-refractivity contribution is 0.188. The Hall–Kier alpha value is -0.120. The Balaban J connectivity index is 3.68. The van der Waals surface area contributed by atoms with Gasteiger partial charge in [0.25, 0.3) is 0 Å². The highest BCUT2D eigenvalue weighted by Crippen LogP contribution is 2.23. The summed E-state index contributed by atoms with van der Waals surface area (Å²) in [5.41, 5.74) is 6.06. The van der Waals surface area contributed by atoms with Crippen LogP contribution in [0.1, 0.15) is 26.7 Å². The molecular weight excluding hydrogens is 164 g/mol. The van der Waals surface area contributed by atoms with Gasteiger partial charge in [0.2, 0.25) is 0 Å². The lowest BCUT2D eigenvalue weighted by Gasteiger charge is -2.30. The number of methoxy groups -OCH3 is 1. The van der Waals surface area contributed by atoms with Gasteiger partial charge in [0.05, 0.1) is 6.61 Å². The zero-order valence-corrected chi connectivity index (χ0v) is 9.23. The van der Waals surface area contributed by atoms with Crippen LogP contribution in [-0.4, -0.2) is 33.4 Å². The van der Waals surface area contributed by atoms with E-state index in [0.29, 0.717) is 0 Å². The van der Waals surface area contributed by atoms with Crippen molar-refractivity contribution in [1.82, 2.24) is 5.32 Å². The fraction of sp³-hybridized carbons (Fsp3) is 1.00. The summed E-state index contributed by atoms with van der Waals surface area (Å²) >= 11 is 0. The molecule has 0 bridgehead atoms. The normalized spacial score (nSPS) is 12.0. The first kappa shape index (κ1) is 12.9. The Kier molecular flexibility index (Phi) is 7.23. The number of rotatable bonds is 8. The van der Waals surface area contributed by atoms with Crippen LogP contribution in [0.25, 0.3) is 0 Å². The summed E-state index contributed by atoms with van der Waals surface area (Å²) in [5.74, 6) is 0. The summed E-state index contributed by atoms with van der Waals surface area (Å²) in [7, 11) is 1.72. The van der Waals surface area contributed by atoms with Crippen LogP contribution in [0.2, 0.25) is 0 Å².